The minimum atomic E-state index is 0.563. The fraction of sp³-hybridized carbons (Fsp3) is 0. The van der Waals surface area contributed by atoms with Gasteiger partial charge in [0, 0.05) is 33.0 Å². The highest BCUT2D eigenvalue weighted by atomic mass is 16.3. The quantitative estimate of drug-likeness (QED) is 0.182. The van der Waals surface area contributed by atoms with E-state index in [1.807, 2.05) is 121 Å². The van der Waals surface area contributed by atoms with Crippen LogP contribution in [0.4, 0.5) is 0 Å². The molecule has 0 saturated heterocycles. The Labute approximate surface area is 292 Å². The molecule has 0 unspecified atom stereocenters. The molecule has 0 bridgehead atoms. The smallest absolute Gasteiger partial charge is 0.227 e. The number of pyridine rings is 1. The number of hydrogen-bond acceptors (Lipinski definition) is 7. The van der Waals surface area contributed by atoms with Gasteiger partial charge in [0.15, 0.2) is 17.5 Å². The third kappa shape index (κ3) is 4.99. The van der Waals surface area contributed by atoms with Gasteiger partial charge in [-0.15, -0.1) is 0 Å². The molecule has 4 aromatic heterocycles. The van der Waals surface area contributed by atoms with E-state index in [2.05, 4.69) is 36.4 Å². The van der Waals surface area contributed by atoms with Gasteiger partial charge in [-0.3, -0.25) is 0 Å². The highest BCUT2D eigenvalue weighted by Crippen LogP contribution is 2.39. The maximum Gasteiger partial charge on any atom is 0.227 e. The maximum absolute atomic E-state index is 6.19. The third-order valence-corrected chi connectivity index (χ3v) is 9.18. The summed E-state index contributed by atoms with van der Waals surface area (Å²) in [6.45, 7) is 0. The SMILES string of the molecule is c1ccc(-c2nc(-c3ccccc3)nc(-c3ccc(-c4nc5ccccc5nc4-c4ccc5c(n4)oc4ccccc45)c4ccccc34)n2)cc1. The molecule has 0 aliphatic carbocycles. The maximum atomic E-state index is 6.19. The summed E-state index contributed by atoms with van der Waals surface area (Å²) in [4.78, 5) is 30.4. The average molecular weight is 655 g/mol. The van der Waals surface area contributed by atoms with E-state index in [1.165, 1.54) is 0 Å². The van der Waals surface area contributed by atoms with E-state index < -0.39 is 0 Å². The fourth-order valence-corrected chi connectivity index (χ4v) is 6.73. The highest BCUT2D eigenvalue weighted by Gasteiger charge is 2.21. The van der Waals surface area contributed by atoms with Gasteiger partial charge in [-0.1, -0.05) is 121 Å². The van der Waals surface area contributed by atoms with E-state index in [-0.39, 0.29) is 0 Å². The van der Waals surface area contributed by atoms with Crippen LogP contribution in [0.15, 0.2) is 162 Å². The van der Waals surface area contributed by atoms with E-state index in [9.17, 15) is 0 Å². The molecule has 10 aromatic rings. The molecule has 238 valence electrons. The van der Waals surface area contributed by atoms with Crippen LogP contribution >= 0.6 is 0 Å². The third-order valence-electron chi connectivity index (χ3n) is 9.18. The van der Waals surface area contributed by atoms with Crippen molar-refractivity contribution in [1.29, 1.82) is 0 Å². The van der Waals surface area contributed by atoms with Crippen LogP contribution in [-0.4, -0.2) is 29.9 Å². The van der Waals surface area contributed by atoms with Gasteiger partial charge in [0.2, 0.25) is 5.71 Å². The van der Waals surface area contributed by atoms with Crippen LogP contribution in [0.25, 0.3) is 101 Å². The van der Waals surface area contributed by atoms with Crippen LogP contribution in [0, 0.1) is 0 Å². The number of hydrogen-bond donors (Lipinski definition) is 0. The van der Waals surface area contributed by atoms with Crippen molar-refractivity contribution in [2.24, 2.45) is 0 Å². The second-order valence-corrected chi connectivity index (χ2v) is 12.3. The number of fused-ring (bicyclic) bond motifs is 5. The predicted molar refractivity (Wildman–Crippen MR) is 203 cm³/mol. The van der Waals surface area contributed by atoms with Crippen molar-refractivity contribution in [3.63, 3.8) is 0 Å². The van der Waals surface area contributed by atoms with Gasteiger partial charge in [0.05, 0.1) is 22.4 Å². The molecule has 0 aliphatic rings. The first-order valence-corrected chi connectivity index (χ1v) is 16.7. The second-order valence-electron chi connectivity index (χ2n) is 12.3. The molecule has 0 saturated carbocycles. The largest absolute Gasteiger partial charge is 0.438 e. The van der Waals surface area contributed by atoms with Crippen LogP contribution in [0.2, 0.25) is 0 Å². The summed E-state index contributed by atoms with van der Waals surface area (Å²) >= 11 is 0. The van der Waals surface area contributed by atoms with Gasteiger partial charge in [0.25, 0.3) is 0 Å². The molecule has 7 nitrogen and oxygen atoms in total. The Bertz CT molecular complexity index is 2870. The zero-order valence-electron chi connectivity index (χ0n) is 27.1. The first kappa shape index (κ1) is 28.9. The summed E-state index contributed by atoms with van der Waals surface area (Å²) in [6, 6.07) is 52.5. The lowest BCUT2D eigenvalue weighted by molar-refractivity contribution is 0.654. The molecule has 0 aliphatic heterocycles. The van der Waals surface area contributed by atoms with Gasteiger partial charge in [-0.25, -0.2) is 29.9 Å². The number of rotatable bonds is 5. The van der Waals surface area contributed by atoms with Gasteiger partial charge >= 0.3 is 0 Å². The Kier molecular flexibility index (Phi) is 6.67. The first-order valence-electron chi connectivity index (χ1n) is 16.7. The fourth-order valence-electron chi connectivity index (χ4n) is 6.73. The van der Waals surface area contributed by atoms with Crippen molar-refractivity contribution in [3.8, 4) is 56.8 Å². The number of para-hydroxylation sites is 3. The molecule has 0 amide bonds. The number of aromatic nitrogens is 6. The van der Waals surface area contributed by atoms with E-state index in [4.69, 9.17) is 34.3 Å². The van der Waals surface area contributed by atoms with Crippen molar-refractivity contribution in [2.75, 3.05) is 0 Å². The van der Waals surface area contributed by atoms with Gasteiger partial charge in [-0.2, -0.15) is 0 Å². The van der Waals surface area contributed by atoms with Crippen LogP contribution < -0.4 is 0 Å². The minimum Gasteiger partial charge on any atom is -0.438 e. The molecular weight excluding hydrogens is 629 g/mol. The van der Waals surface area contributed by atoms with Gasteiger partial charge < -0.3 is 4.42 Å². The van der Waals surface area contributed by atoms with E-state index in [1.54, 1.807) is 0 Å². The van der Waals surface area contributed by atoms with Crippen LogP contribution in [0.5, 0.6) is 0 Å². The lowest BCUT2D eigenvalue weighted by Crippen LogP contribution is -2.01. The van der Waals surface area contributed by atoms with Crippen molar-refractivity contribution >= 4 is 43.9 Å². The van der Waals surface area contributed by atoms with Crippen molar-refractivity contribution in [3.05, 3.63) is 158 Å². The van der Waals surface area contributed by atoms with Crippen LogP contribution in [-0.2, 0) is 0 Å². The van der Waals surface area contributed by atoms with Gasteiger partial charge in [0.1, 0.15) is 11.3 Å². The molecule has 7 heteroatoms. The lowest BCUT2D eigenvalue weighted by Gasteiger charge is -2.15. The van der Waals surface area contributed by atoms with Gasteiger partial charge in [-0.05, 0) is 47.2 Å². The first-order chi connectivity index (χ1) is 25.3. The summed E-state index contributed by atoms with van der Waals surface area (Å²) in [5.41, 5.74) is 8.69. The normalized spacial score (nSPS) is 11.5. The zero-order chi connectivity index (χ0) is 33.7. The zero-order valence-corrected chi connectivity index (χ0v) is 27.1. The van der Waals surface area contributed by atoms with Crippen molar-refractivity contribution in [2.45, 2.75) is 0 Å². The molecule has 0 atom stereocenters. The topological polar surface area (TPSA) is 90.5 Å². The Morgan fingerprint density at radius 2 is 0.863 bits per heavy atom. The summed E-state index contributed by atoms with van der Waals surface area (Å²) < 4.78 is 6.19. The van der Waals surface area contributed by atoms with E-state index in [0.717, 1.165) is 66.1 Å². The van der Waals surface area contributed by atoms with E-state index in [0.29, 0.717) is 34.6 Å². The molecule has 10 rings (SSSR count). The molecule has 4 heterocycles. The Morgan fingerprint density at radius 1 is 0.333 bits per heavy atom. The minimum absolute atomic E-state index is 0.563. The molecule has 0 spiro atoms. The summed E-state index contributed by atoms with van der Waals surface area (Å²) in [5.74, 6) is 1.82. The Hall–Kier alpha value is -7.12. The summed E-state index contributed by atoms with van der Waals surface area (Å²) in [6.07, 6.45) is 0. The standard InChI is InChI=1S/C44H26N6O/c1-3-13-27(14-4-1)41-48-42(28-15-5-2-6-16-28)50-43(49-41)33-24-23-32(29-17-7-8-18-30(29)33)39-40(46-36-21-11-10-20-35(36)45-39)37-26-25-34-31-19-9-12-22-38(31)51-44(34)47-37/h1-26H. The molecule has 0 radical (unpaired) electrons. The van der Waals surface area contributed by atoms with Crippen molar-refractivity contribution in [1.82, 2.24) is 29.9 Å². The number of benzene rings is 6. The van der Waals surface area contributed by atoms with Crippen LogP contribution in [0.1, 0.15) is 0 Å². The predicted octanol–water partition coefficient (Wildman–Crippen LogP) is 10.6. The molecule has 6 aromatic carbocycles. The Balaban J connectivity index is 1.19. The molecule has 0 N–H and O–H groups in total. The average Bonchev–Trinajstić information content (AvgIpc) is 3.58. The molecular formula is C44H26N6O. The second kappa shape index (κ2) is 11.8. The lowest BCUT2D eigenvalue weighted by atomic mass is 9.95. The monoisotopic (exact) mass is 654 g/mol. The molecule has 51 heavy (non-hydrogen) atoms. The Morgan fingerprint density at radius 3 is 1.55 bits per heavy atom. The number of nitrogens with zero attached hydrogens (tertiary/aromatic N) is 6. The summed E-state index contributed by atoms with van der Waals surface area (Å²) in [5, 5.41) is 3.97. The summed E-state index contributed by atoms with van der Waals surface area (Å²) in [7, 11) is 0. The van der Waals surface area contributed by atoms with Crippen LogP contribution in [0.3, 0.4) is 0 Å². The molecule has 0 fully saturated rings. The van der Waals surface area contributed by atoms with Crippen molar-refractivity contribution < 1.29 is 4.42 Å². The highest BCUT2D eigenvalue weighted by molar-refractivity contribution is 6.07. The van der Waals surface area contributed by atoms with E-state index >= 15 is 0 Å². The number of furan rings is 1.